The first kappa shape index (κ1) is 32.3. The van der Waals surface area contributed by atoms with E-state index in [4.69, 9.17) is 0 Å². The van der Waals surface area contributed by atoms with Crippen molar-refractivity contribution in [3.8, 4) is 33.6 Å². The molecule has 2 heteroatoms. The van der Waals surface area contributed by atoms with Gasteiger partial charge >= 0.3 is 0 Å². The van der Waals surface area contributed by atoms with Crippen LogP contribution in [-0.4, -0.2) is 9.13 Å². The second-order valence-corrected chi connectivity index (χ2v) is 15.2. The molecular formula is C52H42N2. The highest BCUT2D eigenvalue weighted by Gasteiger charge is 2.36. The summed E-state index contributed by atoms with van der Waals surface area (Å²) in [5.74, 6) is 0. The van der Waals surface area contributed by atoms with Gasteiger partial charge < -0.3 is 9.13 Å². The zero-order valence-electron chi connectivity index (χ0n) is 31.3. The summed E-state index contributed by atoms with van der Waals surface area (Å²) in [6.45, 7) is 9.08. The molecule has 7 aromatic carbocycles. The van der Waals surface area contributed by atoms with E-state index in [-0.39, 0.29) is 5.41 Å². The third kappa shape index (κ3) is 4.80. The van der Waals surface area contributed by atoms with Gasteiger partial charge in [-0.2, -0.15) is 0 Å². The number of nitrogens with zero attached hydrogens (tertiary/aromatic N) is 2. The van der Waals surface area contributed by atoms with Crippen molar-refractivity contribution < 1.29 is 0 Å². The van der Waals surface area contributed by atoms with Crippen LogP contribution in [0, 0.1) is 0 Å². The highest BCUT2D eigenvalue weighted by molar-refractivity contribution is 6.14. The van der Waals surface area contributed by atoms with Gasteiger partial charge in [0.15, 0.2) is 0 Å². The van der Waals surface area contributed by atoms with Crippen molar-refractivity contribution in [1.29, 1.82) is 0 Å². The lowest BCUT2D eigenvalue weighted by molar-refractivity contribution is 0.661. The molecule has 0 N–H and O–H groups in total. The van der Waals surface area contributed by atoms with E-state index in [1.165, 1.54) is 88.1 Å². The Morgan fingerprint density at radius 3 is 1.91 bits per heavy atom. The second kappa shape index (κ2) is 12.4. The van der Waals surface area contributed by atoms with E-state index in [2.05, 4.69) is 207 Å². The van der Waals surface area contributed by atoms with Crippen LogP contribution in [0.4, 0.5) is 0 Å². The lowest BCUT2D eigenvalue weighted by atomic mass is 9.82. The minimum absolute atomic E-state index is 0.101. The summed E-state index contributed by atoms with van der Waals surface area (Å²) in [6, 6.07) is 56.5. The van der Waals surface area contributed by atoms with E-state index in [9.17, 15) is 0 Å². The molecule has 0 radical (unpaired) electrons. The van der Waals surface area contributed by atoms with E-state index in [1.807, 2.05) is 0 Å². The SMILES string of the molecule is C/C=C(\C=C/CC)c1ccc2c(c1)c1cc3c(cc1n2-c1ccc2c(c1)c1cc(-c4ccccc4)ccc1n2-c1ccccc1)C(C)(C)c1ccccc1-3. The molecule has 0 aliphatic heterocycles. The quantitative estimate of drug-likeness (QED) is 0.153. The van der Waals surface area contributed by atoms with Crippen molar-refractivity contribution in [3.05, 3.63) is 187 Å². The molecule has 2 heterocycles. The molecule has 1 aliphatic rings. The van der Waals surface area contributed by atoms with Crippen molar-refractivity contribution in [2.24, 2.45) is 0 Å². The number of rotatable bonds is 6. The molecule has 0 atom stereocenters. The van der Waals surface area contributed by atoms with Crippen LogP contribution < -0.4 is 0 Å². The van der Waals surface area contributed by atoms with E-state index in [0.717, 1.165) is 17.8 Å². The standard InChI is InChI=1S/C52H42N2/c1-5-7-16-34(6-2)36-23-26-49-43(29-36)45-32-41-40-21-14-15-22-46(40)52(3,4)47(41)33-51(45)54(49)39-25-28-50-44(31-39)42-30-37(35-17-10-8-11-18-35)24-27-48(42)53(50)38-19-12-9-13-20-38/h6-33H,5H2,1-4H3/b16-7-,34-6+. The zero-order valence-corrected chi connectivity index (χ0v) is 31.3. The summed E-state index contributed by atoms with van der Waals surface area (Å²) >= 11 is 0. The number of hydrogen-bond donors (Lipinski definition) is 0. The molecule has 54 heavy (non-hydrogen) atoms. The molecule has 0 amide bonds. The van der Waals surface area contributed by atoms with Crippen LogP contribution in [0.3, 0.4) is 0 Å². The average molecular weight is 695 g/mol. The van der Waals surface area contributed by atoms with E-state index >= 15 is 0 Å². The Bertz CT molecular complexity index is 2980. The largest absolute Gasteiger partial charge is 0.309 e. The minimum Gasteiger partial charge on any atom is -0.309 e. The Labute approximate surface area is 316 Å². The number of para-hydroxylation sites is 1. The summed E-state index contributed by atoms with van der Waals surface area (Å²) in [6.07, 6.45) is 7.75. The lowest BCUT2D eigenvalue weighted by Gasteiger charge is -2.21. The van der Waals surface area contributed by atoms with Gasteiger partial charge in [-0.3, -0.25) is 0 Å². The van der Waals surface area contributed by atoms with Crippen LogP contribution in [0.5, 0.6) is 0 Å². The summed E-state index contributed by atoms with van der Waals surface area (Å²) in [5, 5.41) is 5.05. The van der Waals surface area contributed by atoms with E-state index in [1.54, 1.807) is 0 Å². The molecule has 0 unspecified atom stereocenters. The maximum absolute atomic E-state index is 2.51. The normalized spacial score (nSPS) is 13.8. The zero-order chi connectivity index (χ0) is 36.6. The van der Waals surface area contributed by atoms with Crippen molar-refractivity contribution in [1.82, 2.24) is 9.13 Å². The third-order valence-electron chi connectivity index (χ3n) is 11.8. The molecular weight excluding hydrogens is 653 g/mol. The fourth-order valence-corrected chi connectivity index (χ4v) is 9.09. The minimum atomic E-state index is -0.101. The number of aromatic nitrogens is 2. The van der Waals surface area contributed by atoms with Crippen LogP contribution in [0.15, 0.2) is 170 Å². The molecule has 0 spiro atoms. The first-order chi connectivity index (χ1) is 26.5. The Balaban J connectivity index is 1.28. The van der Waals surface area contributed by atoms with Crippen LogP contribution in [0.25, 0.3) is 82.8 Å². The molecule has 260 valence electrons. The maximum atomic E-state index is 2.51. The highest BCUT2D eigenvalue weighted by atomic mass is 15.0. The lowest BCUT2D eigenvalue weighted by Crippen LogP contribution is -2.14. The van der Waals surface area contributed by atoms with Gasteiger partial charge in [0.05, 0.1) is 22.1 Å². The van der Waals surface area contributed by atoms with Gasteiger partial charge in [-0.1, -0.05) is 124 Å². The summed E-state index contributed by atoms with van der Waals surface area (Å²) in [4.78, 5) is 0. The van der Waals surface area contributed by atoms with Crippen molar-refractivity contribution in [2.75, 3.05) is 0 Å². The van der Waals surface area contributed by atoms with Gasteiger partial charge in [0.2, 0.25) is 0 Å². The van der Waals surface area contributed by atoms with E-state index < -0.39 is 0 Å². The molecule has 0 saturated heterocycles. The van der Waals surface area contributed by atoms with Gasteiger partial charge in [0.25, 0.3) is 0 Å². The topological polar surface area (TPSA) is 9.86 Å². The maximum Gasteiger partial charge on any atom is 0.0544 e. The highest BCUT2D eigenvalue weighted by Crippen LogP contribution is 2.51. The summed E-state index contributed by atoms with van der Waals surface area (Å²) in [7, 11) is 0. The van der Waals surface area contributed by atoms with Crippen LogP contribution in [0.1, 0.15) is 50.8 Å². The fourth-order valence-electron chi connectivity index (χ4n) is 9.09. The number of allylic oxidation sites excluding steroid dienone is 4. The molecule has 2 aromatic heterocycles. The van der Waals surface area contributed by atoms with Crippen LogP contribution >= 0.6 is 0 Å². The first-order valence-electron chi connectivity index (χ1n) is 19.2. The van der Waals surface area contributed by atoms with Crippen molar-refractivity contribution >= 4 is 49.2 Å². The number of hydrogen-bond acceptors (Lipinski definition) is 0. The van der Waals surface area contributed by atoms with Gasteiger partial charge in [0.1, 0.15) is 0 Å². The Kier molecular flexibility index (Phi) is 7.39. The van der Waals surface area contributed by atoms with Crippen LogP contribution in [-0.2, 0) is 5.41 Å². The molecule has 9 aromatic rings. The Morgan fingerprint density at radius 2 is 1.15 bits per heavy atom. The number of benzene rings is 7. The molecule has 2 nitrogen and oxygen atoms in total. The number of fused-ring (bicyclic) bond motifs is 9. The van der Waals surface area contributed by atoms with Gasteiger partial charge in [0, 0.05) is 38.3 Å². The molecule has 0 saturated carbocycles. The van der Waals surface area contributed by atoms with Gasteiger partial charge in [-0.25, -0.2) is 0 Å². The predicted octanol–water partition coefficient (Wildman–Crippen LogP) is 14.2. The molecule has 10 rings (SSSR count). The van der Waals surface area contributed by atoms with Crippen molar-refractivity contribution in [3.63, 3.8) is 0 Å². The van der Waals surface area contributed by atoms with Crippen LogP contribution in [0.2, 0.25) is 0 Å². The van der Waals surface area contributed by atoms with Gasteiger partial charge in [-0.15, -0.1) is 0 Å². The Hall–Kier alpha value is -6.38. The monoisotopic (exact) mass is 694 g/mol. The summed E-state index contributed by atoms with van der Waals surface area (Å²) < 4.78 is 4.92. The van der Waals surface area contributed by atoms with Crippen molar-refractivity contribution in [2.45, 2.75) is 39.5 Å². The average Bonchev–Trinajstić information content (AvgIpc) is 3.80. The van der Waals surface area contributed by atoms with Gasteiger partial charge in [-0.05, 0) is 125 Å². The summed E-state index contributed by atoms with van der Waals surface area (Å²) in [5.41, 5.74) is 17.5. The first-order valence-corrected chi connectivity index (χ1v) is 19.2. The molecule has 0 fully saturated rings. The fraction of sp³-hybridized carbons (Fsp3) is 0.115. The molecule has 1 aliphatic carbocycles. The second-order valence-electron chi connectivity index (χ2n) is 15.2. The smallest absolute Gasteiger partial charge is 0.0544 e. The third-order valence-corrected chi connectivity index (χ3v) is 11.8. The predicted molar refractivity (Wildman–Crippen MR) is 231 cm³/mol. The molecule has 0 bridgehead atoms. The Morgan fingerprint density at radius 1 is 0.519 bits per heavy atom. The van der Waals surface area contributed by atoms with E-state index in [0.29, 0.717) is 0 Å².